The fourth-order valence-corrected chi connectivity index (χ4v) is 3.15. The number of β-amino-alcohol motifs (C(OH)–C–C–N with tert-alkyl or cyclic N) is 1. The lowest BCUT2D eigenvalue weighted by atomic mass is 9.96. The van der Waals surface area contributed by atoms with Crippen molar-refractivity contribution in [1.29, 1.82) is 0 Å². The van der Waals surface area contributed by atoms with Crippen molar-refractivity contribution in [2.75, 3.05) is 13.2 Å². The molecule has 1 saturated heterocycles. The molecule has 3 atom stereocenters. The van der Waals surface area contributed by atoms with Gasteiger partial charge in [-0.05, 0) is 50.8 Å². The number of likely N-dealkylation sites (tertiary alicyclic amines) is 1. The number of nitrogens with zero attached hydrogens (tertiary/aromatic N) is 1. The molecule has 1 heterocycles. The molecule has 1 fully saturated rings. The first kappa shape index (κ1) is 16.3. The first-order valence-corrected chi connectivity index (χ1v) is 8.28. The van der Waals surface area contributed by atoms with Gasteiger partial charge in [0.25, 0.3) is 0 Å². The van der Waals surface area contributed by atoms with Crippen LogP contribution < -0.4 is 4.74 Å². The van der Waals surface area contributed by atoms with Gasteiger partial charge in [-0.2, -0.15) is 0 Å². The van der Waals surface area contributed by atoms with E-state index in [1.807, 2.05) is 24.3 Å². The van der Waals surface area contributed by atoms with E-state index in [0.29, 0.717) is 12.1 Å². The molecular formula is C18H29NO2. The maximum atomic E-state index is 10.5. The van der Waals surface area contributed by atoms with Gasteiger partial charge in [0.2, 0.25) is 0 Å². The van der Waals surface area contributed by atoms with Crippen molar-refractivity contribution in [1.82, 2.24) is 4.90 Å². The van der Waals surface area contributed by atoms with Crippen LogP contribution in [0.25, 0.3) is 0 Å². The van der Waals surface area contributed by atoms with E-state index in [-0.39, 0.29) is 0 Å². The molecule has 1 aliphatic heterocycles. The summed E-state index contributed by atoms with van der Waals surface area (Å²) in [5.41, 5.74) is 0.976. The van der Waals surface area contributed by atoms with Crippen LogP contribution in [0.4, 0.5) is 0 Å². The Hall–Kier alpha value is -1.06. The van der Waals surface area contributed by atoms with E-state index < -0.39 is 6.10 Å². The predicted molar refractivity (Wildman–Crippen MR) is 86.7 cm³/mol. The normalized spacial score (nSPS) is 24.8. The van der Waals surface area contributed by atoms with E-state index in [2.05, 4.69) is 25.7 Å². The van der Waals surface area contributed by atoms with Gasteiger partial charge in [0, 0.05) is 18.6 Å². The Bertz CT molecular complexity index is 408. The van der Waals surface area contributed by atoms with E-state index in [1.165, 1.54) is 19.3 Å². The van der Waals surface area contributed by atoms with Crippen molar-refractivity contribution in [2.45, 2.75) is 64.6 Å². The van der Waals surface area contributed by atoms with Crippen molar-refractivity contribution in [3.8, 4) is 5.75 Å². The average molecular weight is 291 g/mol. The summed E-state index contributed by atoms with van der Waals surface area (Å²) in [6, 6.07) is 9.00. The highest BCUT2D eigenvalue weighted by atomic mass is 16.5. The molecule has 0 spiro atoms. The van der Waals surface area contributed by atoms with Crippen molar-refractivity contribution < 1.29 is 9.84 Å². The van der Waals surface area contributed by atoms with Crippen LogP contribution in [-0.4, -0.2) is 35.2 Å². The van der Waals surface area contributed by atoms with Gasteiger partial charge in [-0.25, -0.2) is 0 Å². The van der Waals surface area contributed by atoms with Gasteiger partial charge in [0.1, 0.15) is 5.75 Å². The zero-order valence-electron chi connectivity index (χ0n) is 13.6. The van der Waals surface area contributed by atoms with Crippen LogP contribution in [0.1, 0.15) is 58.1 Å². The van der Waals surface area contributed by atoms with E-state index in [4.69, 9.17) is 4.74 Å². The molecule has 0 bridgehead atoms. The molecular weight excluding hydrogens is 262 g/mol. The van der Waals surface area contributed by atoms with E-state index in [9.17, 15) is 5.11 Å². The molecule has 3 nitrogen and oxygen atoms in total. The minimum atomic E-state index is -0.423. The van der Waals surface area contributed by atoms with Crippen LogP contribution >= 0.6 is 0 Å². The zero-order valence-corrected chi connectivity index (χ0v) is 13.6. The predicted octanol–water partition coefficient (Wildman–Crippen LogP) is 3.77. The number of ether oxygens (including phenoxy) is 1. The molecule has 1 N–H and O–H groups in total. The van der Waals surface area contributed by atoms with Crippen LogP contribution in [0.3, 0.4) is 0 Å². The molecule has 2 rings (SSSR count). The molecule has 21 heavy (non-hydrogen) atoms. The second-order valence-electron chi connectivity index (χ2n) is 6.26. The van der Waals surface area contributed by atoms with Gasteiger partial charge >= 0.3 is 0 Å². The van der Waals surface area contributed by atoms with Crippen molar-refractivity contribution in [2.24, 2.45) is 0 Å². The third kappa shape index (κ3) is 4.45. The molecule has 1 aromatic rings. The standard InChI is InChI=1S/C18H29NO2/c1-4-12-21-17-10-8-16(9-11-17)18(20)13-19-14(2)6-5-7-15(19)3/h8-11,14-15,18,20H,4-7,12-13H2,1-3H3. The molecule has 0 aromatic heterocycles. The molecule has 1 aliphatic rings. The minimum absolute atomic E-state index is 0.423. The molecule has 0 saturated carbocycles. The number of hydrogen-bond acceptors (Lipinski definition) is 3. The first-order chi connectivity index (χ1) is 10.1. The lowest BCUT2D eigenvalue weighted by molar-refractivity contribution is 0.0411. The van der Waals surface area contributed by atoms with Crippen LogP contribution in [0.5, 0.6) is 5.75 Å². The number of aliphatic hydroxyl groups is 1. The van der Waals surface area contributed by atoms with Crippen LogP contribution in [0.15, 0.2) is 24.3 Å². The molecule has 0 amide bonds. The second-order valence-corrected chi connectivity index (χ2v) is 6.26. The van der Waals surface area contributed by atoms with Crippen molar-refractivity contribution >= 4 is 0 Å². The minimum Gasteiger partial charge on any atom is -0.494 e. The number of piperidine rings is 1. The Labute approximate surface area is 128 Å². The van der Waals surface area contributed by atoms with E-state index in [1.54, 1.807) is 0 Å². The summed E-state index contributed by atoms with van der Waals surface area (Å²) < 4.78 is 5.58. The van der Waals surface area contributed by atoms with Gasteiger partial charge in [-0.3, -0.25) is 4.90 Å². The van der Waals surface area contributed by atoms with Gasteiger partial charge in [-0.1, -0.05) is 25.5 Å². The topological polar surface area (TPSA) is 32.7 Å². The van der Waals surface area contributed by atoms with Gasteiger partial charge < -0.3 is 9.84 Å². The lowest BCUT2D eigenvalue weighted by Gasteiger charge is -2.40. The number of rotatable bonds is 6. The Morgan fingerprint density at radius 2 is 1.81 bits per heavy atom. The Morgan fingerprint density at radius 3 is 2.38 bits per heavy atom. The van der Waals surface area contributed by atoms with E-state index in [0.717, 1.165) is 30.9 Å². The molecule has 1 aromatic carbocycles. The zero-order chi connectivity index (χ0) is 15.2. The largest absolute Gasteiger partial charge is 0.494 e. The Morgan fingerprint density at radius 1 is 1.19 bits per heavy atom. The summed E-state index contributed by atoms with van der Waals surface area (Å²) >= 11 is 0. The van der Waals surface area contributed by atoms with Crippen molar-refractivity contribution in [3.05, 3.63) is 29.8 Å². The summed E-state index contributed by atoms with van der Waals surface area (Å²) in [4.78, 5) is 2.44. The van der Waals surface area contributed by atoms with Crippen LogP contribution in [0, 0.1) is 0 Å². The van der Waals surface area contributed by atoms with Crippen LogP contribution in [-0.2, 0) is 0 Å². The monoisotopic (exact) mass is 291 g/mol. The van der Waals surface area contributed by atoms with Gasteiger partial charge in [0.15, 0.2) is 0 Å². The second kappa shape index (κ2) is 7.81. The summed E-state index contributed by atoms with van der Waals surface area (Å²) in [6.45, 7) is 8.09. The smallest absolute Gasteiger partial charge is 0.119 e. The van der Waals surface area contributed by atoms with Gasteiger partial charge in [0.05, 0.1) is 12.7 Å². The molecule has 118 valence electrons. The van der Waals surface area contributed by atoms with E-state index >= 15 is 0 Å². The fraction of sp³-hybridized carbons (Fsp3) is 0.667. The summed E-state index contributed by atoms with van der Waals surface area (Å²) in [5.74, 6) is 0.882. The maximum absolute atomic E-state index is 10.5. The highest BCUT2D eigenvalue weighted by Gasteiger charge is 2.26. The molecule has 0 radical (unpaired) electrons. The number of hydrogen-bond donors (Lipinski definition) is 1. The number of benzene rings is 1. The first-order valence-electron chi connectivity index (χ1n) is 8.28. The van der Waals surface area contributed by atoms with Gasteiger partial charge in [-0.15, -0.1) is 0 Å². The number of aliphatic hydroxyl groups excluding tert-OH is 1. The Kier molecular flexibility index (Phi) is 6.07. The highest BCUT2D eigenvalue weighted by molar-refractivity contribution is 5.28. The molecule has 3 unspecified atom stereocenters. The lowest BCUT2D eigenvalue weighted by Crippen LogP contribution is -2.45. The summed E-state index contributed by atoms with van der Waals surface area (Å²) in [6.07, 6.45) is 4.36. The van der Waals surface area contributed by atoms with Crippen molar-refractivity contribution in [3.63, 3.8) is 0 Å². The third-order valence-corrected chi connectivity index (χ3v) is 4.50. The Balaban J connectivity index is 1.94. The summed E-state index contributed by atoms with van der Waals surface area (Å²) in [7, 11) is 0. The quantitative estimate of drug-likeness (QED) is 0.866. The highest BCUT2D eigenvalue weighted by Crippen LogP contribution is 2.26. The fourth-order valence-electron chi connectivity index (χ4n) is 3.15. The third-order valence-electron chi connectivity index (χ3n) is 4.50. The summed E-state index contributed by atoms with van der Waals surface area (Å²) in [5, 5.41) is 10.5. The molecule has 3 heteroatoms. The SMILES string of the molecule is CCCOc1ccc(C(O)CN2C(C)CCCC2C)cc1. The van der Waals surface area contributed by atoms with Crippen LogP contribution in [0.2, 0.25) is 0 Å². The average Bonchev–Trinajstić information content (AvgIpc) is 2.49. The molecule has 0 aliphatic carbocycles. The maximum Gasteiger partial charge on any atom is 0.119 e.